The van der Waals surface area contributed by atoms with Gasteiger partial charge in [-0.25, -0.2) is 0 Å². The molecule has 0 N–H and O–H groups in total. The molecule has 0 amide bonds. The summed E-state index contributed by atoms with van der Waals surface area (Å²) in [5, 5.41) is 9.88. The summed E-state index contributed by atoms with van der Waals surface area (Å²) in [6.45, 7) is 0. The average molecular weight is 681 g/mol. The lowest BCUT2D eigenvalue weighted by Gasteiger charge is -2.10. The number of furan rings is 1. The van der Waals surface area contributed by atoms with E-state index in [1.807, 2.05) is 17.4 Å². The lowest BCUT2D eigenvalue weighted by Crippen LogP contribution is -1.94. The van der Waals surface area contributed by atoms with Crippen LogP contribution in [0.3, 0.4) is 0 Å². The van der Waals surface area contributed by atoms with Gasteiger partial charge in [-0.15, -0.1) is 11.3 Å². The zero-order chi connectivity index (χ0) is 33.9. The molecule has 0 spiro atoms. The molecule has 0 aliphatic carbocycles. The highest BCUT2D eigenvalue weighted by Crippen LogP contribution is 2.42. The summed E-state index contributed by atoms with van der Waals surface area (Å²) in [4.78, 5) is 0. The third-order valence-electron chi connectivity index (χ3n) is 10.9. The van der Waals surface area contributed by atoms with Crippen molar-refractivity contribution in [3.8, 4) is 22.5 Å². The number of fused-ring (bicyclic) bond motifs is 12. The maximum Gasteiger partial charge on any atom is 0.137 e. The van der Waals surface area contributed by atoms with Crippen molar-refractivity contribution in [2.24, 2.45) is 0 Å². The predicted octanol–water partition coefficient (Wildman–Crippen LogP) is 13.8. The van der Waals surface area contributed by atoms with Gasteiger partial charge in [-0.05, 0) is 90.0 Å². The minimum absolute atomic E-state index is 0.900. The van der Waals surface area contributed by atoms with E-state index in [2.05, 4.69) is 173 Å². The maximum atomic E-state index is 6.31. The van der Waals surface area contributed by atoms with Crippen molar-refractivity contribution in [2.75, 3.05) is 0 Å². The maximum absolute atomic E-state index is 6.31. The number of thiophene rings is 1. The molecule has 3 nitrogen and oxygen atoms in total. The van der Waals surface area contributed by atoms with Crippen molar-refractivity contribution in [1.82, 2.24) is 9.13 Å². The van der Waals surface area contributed by atoms with Crippen LogP contribution >= 0.6 is 11.3 Å². The smallest absolute Gasteiger partial charge is 0.137 e. The normalized spacial score (nSPS) is 12.2. The van der Waals surface area contributed by atoms with Gasteiger partial charge in [0.15, 0.2) is 0 Å². The third-order valence-corrected chi connectivity index (χ3v) is 12.1. The van der Waals surface area contributed by atoms with Crippen LogP contribution < -0.4 is 0 Å². The van der Waals surface area contributed by atoms with Crippen LogP contribution in [0, 0.1) is 0 Å². The van der Waals surface area contributed by atoms with Crippen LogP contribution in [-0.4, -0.2) is 9.13 Å². The Morgan fingerprint density at radius 3 is 1.71 bits per heavy atom. The molecule has 52 heavy (non-hydrogen) atoms. The van der Waals surface area contributed by atoms with Crippen LogP contribution in [0.15, 0.2) is 174 Å². The van der Waals surface area contributed by atoms with Crippen molar-refractivity contribution in [2.45, 2.75) is 0 Å². The summed E-state index contributed by atoms with van der Waals surface area (Å²) in [6, 6.07) is 61.8. The van der Waals surface area contributed by atoms with E-state index < -0.39 is 0 Å². The summed E-state index contributed by atoms with van der Waals surface area (Å²) in [5.41, 5.74) is 11.3. The van der Waals surface area contributed by atoms with Crippen LogP contribution in [0.5, 0.6) is 0 Å². The molecule has 12 aromatic rings. The van der Waals surface area contributed by atoms with Gasteiger partial charge in [0, 0.05) is 52.8 Å². The minimum Gasteiger partial charge on any atom is -0.456 e. The summed E-state index contributed by atoms with van der Waals surface area (Å²) in [5.74, 6) is 0. The first-order chi connectivity index (χ1) is 25.8. The highest BCUT2D eigenvalue weighted by atomic mass is 32.1. The Labute approximate surface area is 301 Å². The Balaban J connectivity index is 1.06. The number of para-hydroxylation sites is 3. The number of rotatable bonds is 3. The van der Waals surface area contributed by atoms with E-state index in [4.69, 9.17) is 4.42 Å². The number of nitrogens with zero attached hydrogens (tertiary/aromatic N) is 2. The van der Waals surface area contributed by atoms with Gasteiger partial charge in [-0.2, -0.15) is 0 Å². The molecule has 0 aliphatic rings. The van der Waals surface area contributed by atoms with E-state index in [-0.39, 0.29) is 0 Å². The molecule has 4 aromatic heterocycles. The van der Waals surface area contributed by atoms with E-state index in [1.54, 1.807) is 0 Å². The van der Waals surface area contributed by atoms with Crippen LogP contribution in [0.4, 0.5) is 0 Å². The lowest BCUT2D eigenvalue weighted by molar-refractivity contribution is 0.669. The SMILES string of the molecule is c1ccc2c(c1)oc1cccc(-n3c4ccccc4c4cc(-c5ccc6c(c5)c5ccccc5n6-c5ccc6sc7ccccc7c6c5)ccc43)c12. The molecule has 0 aliphatic heterocycles. The number of hydrogen-bond donors (Lipinski definition) is 0. The van der Waals surface area contributed by atoms with Crippen molar-refractivity contribution in [1.29, 1.82) is 0 Å². The number of benzene rings is 8. The number of hydrogen-bond acceptors (Lipinski definition) is 2. The van der Waals surface area contributed by atoms with Gasteiger partial charge >= 0.3 is 0 Å². The van der Waals surface area contributed by atoms with Crippen molar-refractivity contribution < 1.29 is 4.42 Å². The molecule has 4 heterocycles. The van der Waals surface area contributed by atoms with Gasteiger partial charge in [0.25, 0.3) is 0 Å². The van der Waals surface area contributed by atoms with Crippen LogP contribution in [-0.2, 0) is 0 Å². The second-order valence-corrected chi connectivity index (χ2v) is 14.8. The van der Waals surface area contributed by atoms with Gasteiger partial charge in [0.05, 0.1) is 33.1 Å². The van der Waals surface area contributed by atoms with Gasteiger partial charge in [0.1, 0.15) is 11.2 Å². The van der Waals surface area contributed by atoms with Gasteiger partial charge in [-0.1, -0.05) is 91.0 Å². The van der Waals surface area contributed by atoms with Crippen LogP contribution in [0.25, 0.3) is 108 Å². The summed E-state index contributed by atoms with van der Waals surface area (Å²) in [6.07, 6.45) is 0. The first-order valence-corrected chi connectivity index (χ1v) is 18.5. The Kier molecular flexibility index (Phi) is 5.65. The monoisotopic (exact) mass is 680 g/mol. The minimum atomic E-state index is 0.900. The first kappa shape index (κ1) is 28.1. The van der Waals surface area contributed by atoms with Crippen LogP contribution in [0.2, 0.25) is 0 Å². The molecular weight excluding hydrogens is 653 g/mol. The molecule has 0 saturated carbocycles. The van der Waals surface area contributed by atoms with E-state index >= 15 is 0 Å². The fraction of sp³-hybridized carbons (Fsp3) is 0. The van der Waals surface area contributed by atoms with E-state index in [0.29, 0.717) is 0 Å². The summed E-state index contributed by atoms with van der Waals surface area (Å²) < 4.78 is 13.8. The van der Waals surface area contributed by atoms with E-state index in [9.17, 15) is 0 Å². The second kappa shape index (κ2) is 10.5. The van der Waals surface area contributed by atoms with Crippen LogP contribution in [0.1, 0.15) is 0 Å². The second-order valence-electron chi connectivity index (χ2n) is 13.7. The molecule has 0 unspecified atom stereocenters. The molecule has 242 valence electrons. The third kappa shape index (κ3) is 3.84. The molecule has 0 saturated heterocycles. The Hall–Kier alpha value is -6.62. The quantitative estimate of drug-likeness (QED) is 0.182. The summed E-state index contributed by atoms with van der Waals surface area (Å²) >= 11 is 1.86. The molecule has 12 rings (SSSR count). The van der Waals surface area contributed by atoms with Crippen molar-refractivity contribution in [3.63, 3.8) is 0 Å². The molecule has 0 bridgehead atoms. The molecule has 0 radical (unpaired) electrons. The van der Waals surface area contributed by atoms with Crippen molar-refractivity contribution in [3.05, 3.63) is 170 Å². The zero-order valence-corrected chi connectivity index (χ0v) is 28.7. The zero-order valence-electron chi connectivity index (χ0n) is 27.9. The summed E-state index contributed by atoms with van der Waals surface area (Å²) in [7, 11) is 0. The first-order valence-electron chi connectivity index (χ1n) is 17.7. The fourth-order valence-electron chi connectivity index (χ4n) is 8.64. The van der Waals surface area contributed by atoms with Gasteiger partial charge in [-0.3, -0.25) is 0 Å². The highest BCUT2D eigenvalue weighted by molar-refractivity contribution is 7.25. The van der Waals surface area contributed by atoms with Gasteiger partial charge in [0.2, 0.25) is 0 Å². The molecule has 8 aromatic carbocycles. The molecule has 0 atom stereocenters. The topological polar surface area (TPSA) is 23.0 Å². The number of aromatic nitrogens is 2. The highest BCUT2D eigenvalue weighted by Gasteiger charge is 2.19. The average Bonchev–Trinajstić information content (AvgIpc) is 3.95. The Morgan fingerprint density at radius 1 is 0.365 bits per heavy atom. The Bertz CT molecular complexity index is 3430. The van der Waals surface area contributed by atoms with Gasteiger partial charge < -0.3 is 13.6 Å². The molecular formula is C48H28N2OS. The van der Waals surface area contributed by atoms with E-state index in [0.717, 1.165) is 27.6 Å². The lowest BCUT2D eigenvalue weighted by atomic mass is 10.0. The van der Waals surface area contributed by atoms with Crippen molar-refractivity contribution >= 4 is 97.1 Å². The Morgan fingerprint density at radius 2 is 0.942 bits per heavy atom. The fourth-order valence-corrected chi connectivity index (χ4v) is 9.72. The standard InChI is InChI=1S/C48H28N2OS/c1-5-14-39-32(10-1)36-26-29(20-23-41(36)49(39)31-22-25-47-38(28-31)34-12-4-8-19-46(34)52-47)30-21-24-42-37(27-30)33-11-2-6-15-40(33)50(42)43-16-9-18-45-48(43)35-13-3-7-17-44(35)51-45/h1-28H. The molecule has 4 heteroatoms. The van der Waals surface area contributed by atoms with E-state index in [1.165, 1.54) is 80.6 Å². The predicted molar refractivity (Wildman–Crippen MR) is 221 cm³/mol. The molecule has 0 fully saturated rings. The largest absolute Gasteiger partial charge is 0.456 e.